The minimum atomic E-state index is -0.548. The van der Waals surface area contributed by atoms with Gasteiger partial charge in [-0.3, -0.25) is 9.59 Å². The van der Waals surface area contributed by atoms with Crippen molar-refractivity contribution in [2.24, 2.45) is 5.73 Å². The predicted molar refractivity (Wildman–Crippen MR) is 37.4 cm³/mol. The van der Waals surface area contributed by atoms with Gasteiger partial charge in [-0.05, 0) is 12.2 Å². The molecule has 1 aliphatic rings. The number of amides is 1. The van der Waals surface area contributed by atoms with E-state index in [1.54, 1.807) is 0 Å². The fourth-order valence-corrected chi connectivity index (χ4v) is 0.721. The van der Waals surface area contributed by atoms with Crippen LogP contribution < -0.4 is 5.73 Å². The van der Waals surface area contributed by atoms with Crippen LogP contribution in [-0.2, 0) is 14.3 Å². The molecule has 0 aromatic rings. The summed E-state index contributed by atoms with van der Waals surface area (Å²) in [5, 5.41) is 0. The van der Waals surface area contributed by atoms with E-state index in [-0.39, 0.29) is 12.4 Å². The summed E-state index contributed by atoms with van der Waals surface area (Å²) in [6, 6.07) is 0. The predicted octanol–water partition coefficient (Wildman–Crippen LogP) is -0.489. The smallest absolute Gasteiger partial charge is 0.248 e. The van der Waals surface area contributed by atoms with Gasteiger partial charge in [-0.25, -0.2) is 0 Å². The fourth-order valence-electron chi connectivity index (χ4n) is 0.721. The molecule has 1 amide bonds. The Bertz CT molecular complexity index is 252. The summed E-state index contributed by atoms with van der Waals surface area (Å²) >= 11 is 0. The highest BCUT2D eigenvalue weighted by Gasteiger charge is 2.08. The van der Waals surface area contributed by atoms with Gasteiger partial charge >= 0.3 is 0 Å². The van der Waals surface area contributed by atoms with Crippen molar-refractivity contribution in [2.75, 3.05) is 6.61 Å². The summed E-state index contributed by atoms with van der Waals surface area (Å²) in [5.74, 6) is -0.408. The standard InChI is InChI=1S/C7H7NO3/c8-7(10)5-1-2-11-6(3-5)4-9/h1,3-4H,2H2,(H2,8,10). The molecular weight excluding hydrogens is 146 g/mol. The zero-order valence-corrected chi connectivity index (χ0v) is 5.74. The Hall–Kier alpha value is -1.58. The molecule has 0 fully saturated rings. The molecule has 0 radical (unpaired) electrons. The van der Waals surface area contributed by atoms with Crippen molar-refractivity contribution < 1.29 is 14.3 Å². The van der Waals surface area contributed by atoms with Crippen LogP contribution in [0.4, 0.5) is 0 Å². The van der Waals surface area contributed by atoms with Crippen LogP contribution in [0.5, 0.6) is 0 Å². The monoisotopic (exact) mass is 153 g/mol. The third-order valence-corrected chi connectivity index (χ3v) is 1.25. The molecule has 0 aliphatic carbocycles. The van der Waals surface area contributed by atoms with Crippen LogP contribution in [0.25, 0.3) is 0 Å². The molecule has 4 heteroatoms. The maximum absolute atomic E-state index is 10.6. The summed E-state index contributed by atoms with van der Waals surface area (Å²) in [6.45, 7) is 0.225. The van der Waals surface area contributed by atoms with Crippen molar-refractivity contribution in [3.63, 3.8) is 0 Å². The second-order valence-electron chi connectivity index (χ2n) is 2.00. The number of carbonyl (C=O) groups is 2. The molecule has 0 atom stereocenters. The molecule has 0 unspecified atom stereocenters. The van der Waals surface area contributed by atoms with Gasteiger partial charge in [-0.1, -0.05) is 0 Å². The largest absolute Gasteiger partial charge is 0.486 e. The molecule has 0 saturated heterocycles. The summed E-state index contributed by atoms with van der Waals surface area (Å²) in [6.07, 6.45) is 3.38. The maximum Gasteiger partial charge on any atom is 0.248 e. The summed E-state index contributed by atoms with van der Waals surface area (Å²) in [4.78, 5) is 20.7. The number of rotatable bonds is 2. The molecule has 1 rings (SSSR count). The average molecular weight is 153 g/mol. The molecule has 2 N–H and O–H groups in total. The van der Waals surface area contributed by atoms with Gasteiger partial charge < -0.3 is 10.5 Å². The Morgan fingerprint density at radius 2 is 2.45 bits per heavy atom. The van der Waals surface area contributed by atoms with Crippen molar-refractivity contribution in [3.8, 4) is 0 Å². The van der Waals surface area contributed by atoms with Crippen molar-refractivity contribution in [3.05, 3.63) is 23.5 Å². The van der Waals surface area contributed by atoms with Crippen molar-refractivity contribution >= 4 is 12.2 Å². The lowest BCUT2D eigenvalue weighted by Gasteiger charge is -2.08. The molecule has 1 aliphatic heterocycles. The van der Waals surface area contributed by atoms with Gasteiger partial charge in [0.25, 0.3) is 0 Å². The van der Waals surface area contributed by atoms with Gasteiger partial charge in [0.05, 0.1) is 0 Å². The summed E-state index contributed by atoms with van der Waals surface area (Å²) < 4.78 is 4.82. The van der Waals surface area contributed by atoms with E-state index in [0.29, 0.717) is 11.9 Å². The van der Waals surface area contributed by atoms with E-state index in [2.05, 4.69) is 0 Å². The first-order valence-corrected chi connectivity index (χ1v) is 3.03. The zero-order valence-electron chi connectivity index (χ0n) is 5.74. The number of nitrogens with two attached hydrogens (primary N) is 1. The molecule has 11 heavy (non-hydrogen) atoms. The second-order valence-corrected chi connectivity index (χ2v) is 2.00. The molecule has 0 spiro atoms. The van der Waals surface area contributed by atoms with Gasteiger partial charge in [-0.15, -0.1) is 0 Å². The van der Waals surface area contributed by atoms with Gasteiger partial charge in [-0.2, -0.15) is 0 Å². The topological polar surface area (TPSA) is 69.4 Å². The summed E-state index contributed by atoms with van der Waals surface area (Å²) in [5.41, 5.74) is 5.28. The third-order valence-electron chi connectivity index (χ3n) is 1.25. The lowest BCUT2D eigenvalue weighted by molar-refractivity contribution is -0.114. The number of ether oxygens (including phenoxy) is 1. The SMILES string of the molecule is NC(=O)C1=CCOC(C=O)=C1. The summed E-state index contributed by atoms with van der Waals surface area (Å²) in [7, 11) is 0. The number of allylic oxidation sites excluding steroid dienone is 1. The lowest BCUT2D eigenvalue weighted by Crippen LogP contribution is -2.16. The van der Waals surface area contributed by atoms with Crippen LogP contribution in [-0.4, -0.2) is 18.8 Å². The molecule has 0 aromatic heterocycles. The Morgan fingerprint density at radius 3 is 3.00 bits per heavy atom. The molecular formula is C7H7NO3. The highest BCUT2D eigenvalue weighted by atomic mass is 16.5. The normalized spacial score (nSPS) is 16.0. The Labute approximate surface area is 63.3 Å². The van der Waals surface area contributed by atoms with Crippen LogP contribution >= 0.6 is 0 Å². The quantitative estimate of drug-likeness (QED) is 0.544. The average Bonchev–Trinajstić information content (AvgIpc) is 2.05. The van der Waals surface area contributed by atoms with E-state index in [1.165, 1.54) is 12.2 Å². The van der Waals surface area contributed by atoms with Crippen LogP contribution in [0.3, 0.4) is 0 Å². The van der Waals surface area contributed by atoms with Crippen molar-refractivity contribution in [1.82, 2.24) is 0 Å². The first kappa shape index (κ1) is 7.53. The van der Waals surface area contributed by atoms with Crippen LogP contribution in [0.1, 0.15) is 0 Å². The van der Waals surface area contributed by atoms with E-state index >= 15 is 0 Å². The highest BCUT2D eigenvalue weighted by molar-refractivity contribution is 5.96. The van der Waals surface area contributed by atoms with Crippen molar-refractivity contribution in [2.45, 2.75) is 0 Å². The van der Waals surface area contributed by atoms with E-state index < -0.39 is 5.91 Å². The number of hydrogen-bond acceptors (Lipinski definition) is 3. The van der Waals surface area contributed by atoms with Crippen LogP contribution in [0.15, 0.2) is 23.5 Å². The second kappa shape index (κ2) is 3.01. The highest BCUT2D eigenvalue weighted by Crippen LogP contribution is 2.07. The van der Waals surface area contributed by atoms with Crippen LogP contribution in [0.2, 0.25) is 0 Å². The zero-order chi connectivity index (χ0) is 8.27. The van der Waals surface area contributed by atoms with E-state index in [4.69, 9.17) is 10.5 Å². The molecule has 1 heterocycles. The Kier molecular flexibility index (Phi) is 2.06. The Balaban J connectivity index is 2.84. The van der Waals surface area contributed by atoms with Gasteiger partial charge in [0.15, 0.2) is 12.0 Å². The minimum absolute atomic E-state index is 0.140. The first-order valence-electron chi connectivity index (χ1n) is 3.03. The van der Waals surface area contributed by atoms with Gasteiger partial charge in [0.1, 0.15) is 6.61 Å². The molecule has 0 bridgehead atoms. The van der Waals surface area contributed by atoms with E-state index in [0.717, 1.165) is 0 Å². The third kappa shape index (κ3) is 1.67. The van der Waals surface area contributed by atoms with Gasteiger partial charge in [0.2, 0.25) is 5.91 Å². The molecule has 58 valence electrons. The van der Waals surface area contributed by atoms with Crippen LogP contribution in [0, 0.1) is 0 Å². The molecule has 0 aromatic carbocycles. The number of hydrogen-bond donors (Lipinski definition) is 1. The van der Waals surface area contributed by atoms with E-state index in [1.807, 2.05) is 0 Å². The molecule has 0 saturated carbocycles. The maximum atomic E-state index is 10.6. The number of aldehydes is 1. The number of primary amides is 1. The Morgan fingerprint density at radius 1 is 1.73 bits per heavy atom. The molecule has 4 nitrogen and oxygen atoms in total. The van der Waals surface area contributed by atoms with E-state index in [9.17, 15) is 9.59 Å². The fraction of sp³-hybridized carbons (Fsp3) is 0.143. The van der Waals surface area contributed by atoms with Crippen molar-refractivity contribution in [1.29, 1.82) is 0 Å². The lowest BCUT2D eigenvalue weighted by atomic mass is 10.2. The number of carbonyl (C=O) groups excluding carboxylic acids is 2. The first-order chi connectivity index (χ1) is 5.24. The minimum Gasteiger partial charge on any atom is -0.486 e. The van der Waals surface area contributed by atoms with Gasteiger partial charge in [0, 0.05) is 5.57 Å².